The molecule has 0 aromatic heterocycles. The van der Waals surface area contributed by atoms with Crippen molar-refractivity contribution in [2.75, 3.05) is 26.3 Å². The number of nitrogens with one attached hydrogen (secondary N) is 1. The van der Waals surface area contributed by atoms with Gasteiger partial charge in [0.05, 0.1) is 18.1 Å². The second kappa shape index (κ2) is 7.09. The van der Waals surface area contributed by atoms with Gasteiger partial charge in [0.2, 0.25) is 11.5 Å². The third-order valence-corrected chi connectivity index (χ3v) is 3.39. The fraction of sp³-hybridized carbons (Fsp3) is 0.571. The molecule has 1 heterocycles. The molecule has 1 unspecified atom stereocenters. The zero-order chi connectivity index (χ0) is 14.4. The Morgan fingerprint density at radius 2 is 2.15 bits per heavy atom. The largest absolute Gasteiger partial charge is 0.487 e. The minimum atomic E-state index is -0.447. The van der Waals surface area contributed by atoms with Gasteiger partial charge in [-0.3, -0.25) is 10.1 Å². The number of hydrogen-bond donors (Lipinski definition) is 1. The van der Waals surface area contributed by atoms with Crippen molar-refractivity contribution in [2.45, 2.75) is 19.8 Å². The van der Waals surface area contributed by atoms with Crippen LogP contribution < -0.4 is 14.8 Å². The Kier molecular flexibility index (Phi) is 5.17. The number of rotatable bonds is 7. The van der Waals surface area contributed by atoms with Gasteiger partial charge in [0.15, 0.2) is 0 Å². The number of para-hydroxylation sites is 1. The SMILES string of the molecule is CCOc1cccc(OCCC2CCNC2)c1[N+](=O)[O-]. The van der Waals surface area contributed by atoms with E-state index in [9.17, 15) is 10.1 Å². The Bertz CT molecular complexity index is 458. The van der Waals surface area contributed by atoms with Crippen LogP contribution in [-0.2, 0) is 0 Å². The zero-order valence-electron chi connectivity index (χ0n) is 11.6. The summed E-state index contributed by atoms with van der Waals surface area (Å²) in [5.41, 5.74) is -0.0844. The lowest BCUT2D eigenvalue weighted by Crippen LogP contribution is -2.12. The van der Waals surface area contributed by atoms with Crippen LogP contribution in [0.1, 0.15) is 19.8 Å². The van der Waals surface area contributed by atoms with Crippen LogP contribution in [0.4, 0.5) is 5.69 Å². The highest BCUT2D eigenvalue weighted by atomic mass is 16.6. The first-order valence-corrected chi connectivity index (χ1v) is 6.96. The van der Waals surface area contributed by atoms with Crippen LogP contribution in [0.3, 0.4) is 0 Å². The van der Waals surface area contributed by atoms with Crippen LogP contribution in [0, 0.1) is 16.0 Å². The number of nitro groups is 1. The summed E-state index contributed by atoms with van der Waals surface area (Å²) in [6.07, 6.45) is 2.05. The molecule has 1 atom stereocenters. The molecule has 0 radical (unpaired) electrons. The summed E-state index contributed by atoms with van der Waals surface area (Å²) in [5.74, 6) is 1.15. The Morgan fingerprint density at radius 3 is 2.75 bits per heavy atom. The Hall–Kier alpha value is -1.82. The second-order valence-corrected chi connectivity index (χ2v) is 4.79. The van der Waals surface area contributed by atoms with Crippen molar-refractivity contribution in [3.8, 4) is 11.5 Å². The van der Waals surface area contributed by atoms with Gasteiger partial charge < -0.3 is 14.8 Å². The topological polar surface area (TPSA) is 73.6 Å². The van der Waals surface area contributed by atoms with E-state index in [0.29, 0.717) is 19.1 Å². The van der Waals surface area contributed by atoms with Crippen molar-refractivity contribution >= 4 is 5.69 Å². The number of hydrogen-bond acceptors (Lipinski definition) is 5. The summed E-state index contributed by atoms with van der Waals surface area (Å²) in [6.45, 7) is 4.72. The van der Waals surface area contributed by atoms with Gasteiger partial charge in [-0.25, -0.2) is 0 Å². The molecule has 1 aliphatic heterocycles. The van der Waals surface area contributed by atoms with Crippen LogP contribution in [0.25, 0.3) is 0 Å². The molecule has 1 N–H and O–H groups in total. The number of ether oxygens (including phenoxy) is 2. The van der Waals surface area contributed by atoms with Gasteiger partial charge in [-0.1, -0.05) is 6.07 Å². The first-order valence-electron chi connectivity index (χ1n) is 6.96. The highest BCUT2D eigenvalue weighted by Gasteiger charge is 2.22. The summed E-state index contributed by atoms with van der Waals surface area (Å²) >= 11 is 0. The number of nitrogens with zero attached hydrogens (tertiary/aromatic N) is 1. The molecule has 1 aliphatic rings. The van der Waals surface area contributed by atoms with Gasteiger partial charge in [-0.05, 0) is 50.9 Å². The summed E-state index contributed by atoms with van der Waals surface area (Å²) < 4.78 is 10.9. The van der Waals surface area contributed by atoms with Gasteiger partial charge in [0, 0.05) is 0 Å². The van der Waals surface area contributed by atoms with Crippen molar-refractivity contribution < 1.29 is 14.4 Å². The lowest BCUT2D eigenvalue weighted by molar-refractivity contribution is -0.386. The van der Waals surface area contributed by atoms with E-state index in [1.54, 1.807) is 25.1 Å². The van der Waals surface area contributed by atoms with Crippen LogP contribution >= 0.6 is 0 Å². The predicted octanol–water partition coefficient (Wildman–Crippen LogP) is 2.37. The Balaban J connectivity index is 2.01. The Morgan fingerprint density at radius 1 is 1.40 bits per heavy atom. The summed E-state index contributed by atoms with van der Waals surface area (Å²) in [5, 5.41) is 14.5. The molecule has 20 heavy (non-hydrogen) atoms. The predicted molar refractivity (Wildman–Crippen MR) is 75.4 cm³/mol. The quantitative estimate of drug-likeness (QED) is 0.613. The molecule has 0 spiro atoms. The smallest absolute Gasteiger partial charge is 0.352 e. The molecule has 0 amide bonds. The van der Waals surface area contributed by atoms with E-state index >= 15 is 0 Å². The molecule has 1 aromatic rings. The fourth-order valence-electron chi connectivity index (χ4n) is 2.37. The van der Waals surface area contributed by atoms with E-state index < -0.39 is 4.92 Å². The summed E-state index contributed by atoms with van der Waals surface area (Å²) in [7, 11) is 0. The zero-order valence-corrected chi connectivity index (χ0v) is 11.6. The molecule has 0 saturated carbocycles. The minimum absolute atomic E-state index is 0.0844. The van der Waals surface area contributed by atoms with Crippen LogP contribution in [-0.4, -0.2) is 31.2 Å². The molecular formula is C14H20N2O4. The van der Waals surface area contributed by atoms with Gasteiger partial charge in [0.25, 0.3) is 0 Å². The third kappa shape index (κ3) is 3.60. The van der Waals surface area contributed by atoms with Gasteiger partial charge in [0.1, 0.15) is 0 Å². The molecule has 110 valence electrons. The third-order valence-electron chi connectivity index (χ3n) is 3.39. The average molecular weight is 280 g/mol. The molecule has 1 fully saturated rings. The molecular weight excluding hydrogens is 260 g/mol. The lowest BCUT2D eigenvalue weighted by Gasteiger charge is -2.11. The highest BCUT2D eigenvalue weighted by Crippen LogP contribution is 2.36. The van der Waals surface area contributed by atoms with Gasteiger partial charge in [-0.2, -0.15) is 0 Å². The molecule has 0 aliphatic carbocycles. The molecule has 6 heteroatoms. The molecule has 2 rings (SSSR count). The van der Waals surface area contributed by atoms with E-state index in [2.05, 4.69) is 5.32 Å². The first kappa shape index (κ1) is 14.6. The minimum Gasteiger partial charge on any atom is -0.487 e. The first-order chi connectivity index (χ1) is 9.72. The van der Waals surface area contributed by atoms with Gasteiger partial charge in [-0.15, -0.1) is 0 Å². The maximum absolute atomic E-state index is 11.2. The van der Waals surface area contributed by atoms with E-state index in [1.807, 2.05) is 0 Å². The van der Waals surface area contributed by atoms with E-state index in [0.717, 1.165) is 25.9 Å². The maximum atomic E-state index is 11.2. The van der Waals surface area contributed by atoms with Crippen LogP contribution in [0.15, 0.2) is 18.2 Å². The Labute approximate surface area is 118 Å². The summed E-state index contributed by atoms with van der Waals surface area (Å²) in [4.78, 5) is 10.7. The maximum Gasteiger partial charge on any atom is 0.352 e. The second-order valence-electron chi connectivity index (χ2n) is 4.79. The van der Waals surface area contributed by atoms with E-state index in [-0.39, 0.29) is 17.2 Å². The fourth-order valence-corrected chi connectivity index (χ4v) is 2.37. The standard InChI is InChI=1S/C14H20N2O4/c1-2-19-12-4-3-5-13(14(12)16(17)18)20-9-7-11-6-8-15-10-11/h3-5,11,15H,2,6-10H2,1H3. The molecule has 1 aromatic carbocycles. The summed E-state index contributed by atoms with van der Waals surface area (Å²) in [6, 6.07) is 4.92. The van der Waals surface area contributed by atoms with E-state index in [1.165, 1.54) is 0 Å². The van der Waals surface area contributed by atoms with Crippen molar-refractivity contribution in [1.29, 1.82) is 0 Å². The molecule has 6 nitrogen and oxygen atoms in total. The lowest BCUT2D eigenvalue weighted by atomic mass is 10.1. The number of nitro benzene ring substituents is 1. The van der Waals surface area contributed by atoms with Crippen LogP contribution in [0.2, 0.25) is 0 Å². The van der Waals surface area contributed by atoms with Crippen molar-refractivity contribution in [1.82, 2.24) is 5.32 Å². The monoisotopic (exact) mass is 280 g/mol. The van der Waals surface area contributed by atoms with Crippen LogP contribution in [0.5, 0.6) is 11.5 Å². The van der Waals surface area contributed by atoms with Crippen molar-refractivity contribution in [2.24, 2.45) is 5.92 Å². The number of benzene rings is 1. The van der Waals surface area contributed by atoms with Crippen molar-refractivity contribution in [3.05, 3.63) is 28.3 Å². The highest BCUT2D eigenvalue weighted by molar-refractivity contribution is 5.57. The van der Waals surface area contributed by atoms with Crippen molar-refractivity contribution in [3.63, 3.8) is 0 Å². The van der Waals surface area contributed by atoms with E-state index in [4.69, 9.17) is 9.47 Å². The normalized spacial score (nSPS) is 17.9. The molecule has 0 bridgehead atoms. The van der Waals surface area contributed by atoms with Gasteiger partial charge >= 0.3 is 5.69 Å². The average Bonchev–Trinajstić information content (AvgIpc) is 2.92. The molecule has 1 saturated heterocycles.